The third-order valence-corrected chi connectivity index (χ3v) is 5.52. The number of rotatable bonds is 1. The minimum atomic E-state index is -4.31. The molecule has 2 aromatic rings. The first-order valence-corrected chi connectivity index (χ1v) is 6.89. The maximum absolute atomic E-state index is 12.7. The molecule has 2 N–H and O–H groups in total. The number of fused-ring (bicyclic) bond motifs is 1. The lowest BCUT2D eigenvalue weighted by atomic mass is 9.40. The van der Waals surface area contributed by atoms with Crippen molar-refractivity contribution in [1.82, 2.24) is 4.98 Å². The van der Waals surface area contributed by atoms with E-state index < -0.39 is 11.7 Å². The molecule has 1 heterocycles. The van der Waals surface area contributed by atoms with Crippen LogP contribution in [0, 0.1) is 0 Å². The van der Waals surface area contributed by atoms with E-state index in [0.717, 1.165) is 41.1 Å². The fourth-order valence-electron chi connectivity index (χ4n) is 3.42. The first kappa shape index (κ1) is 11.7. The summed E-state index contributed by atoms with van der Waals surface area (Å²) in [5, 5.41) is 0.953. The first-order valence-electron chi connectivity index (χ1n) is 6.07. The predicted molar refractivity (Wildman–Crippen MR) is 67.1 cm³/mol. The van der Waals surface area contributed by atoms with E-state index in [4.69, 9.17) is 5.73 Å². The molecule has 3 fully saturated rings. The van der Waals surface area contributed by atoms with Crippen LogP contribution in [0.3, 0.4) is 0 Å². The fraction of sp³-hybridized carbons (Fsp3) is 0.462. The Morgan fingerprint density at radius 2 is 1.89 bits per heavy atom. The van der Waals surface area contributed by atoms with Gasteiger partial charge in [0.25, 0.3) is 0 Å². The van der Waals surface area contributed by atoms with Gasteiger partial charge in [0.15, 0.2) is 0 Å². The molecule has 1 aromatic heterocycles. The zero-order valence-electron chi connectivity index (χ0n) is 9.92. The molecular weight excluding hydrogens is 273 g/mol. The van der Waals surface area contributed by atoms with Crippen LogP contribution in [0.25, 0.3) is 10.2 Å². The summed E-state index contributed by atoms with van der Waals surface area (Å²) in [4.78, 5) is 4.41. The highest BCUT2D eigenvalue weighted by Gasteiger charge is 2.67. The average Bonchev–Trinajstić information content (AvgIpc) is 2.64. The number of nitrogens with zero attached hydrogens (tertiary/aromatic N) is 1. The monoisotopic (exact) mass is 284 g/mol. The van der Waals surface area contributed by atoms with Crippen molar-refractivity contribution in [3.05, 3.63) is 28.8 Å². The molecule has 0 atom stereocenters. The molecule has 100 valence electrons. The molecule has 0 aliphatic heterocycles. The van der Waals surface area contributed by atoms with E-state index in [-0.39, 0.29) is 11.0 Å². The Hall–Kier alpha value is -1.14. The average molecular weight is 284 g/mol. The highest BCUT2D eigenvalue weighted by atomic mass is 32.1. The molecule has 3 aliphatic carbocycles. The standard InChI is InChI=1S/C13H11F3N2S/c14-13(15,16)7-1-2-9-8(3-7)18-10(19-9)11-4-12(17,5-11)6-11/h1-3H,4-6,17H2. The Bertz CT molecular complexity index is 669. The highest BCUT2D eigenvalue weighted by Crippen LogP contribution is 2.67. The number of thiazole rings is 1. The van der Waals surface area contributed by atoms with E-state index in [9.17, 15) is 13.2 Å². The Morgan fingerprint density at radius 1 is 1.21 bits per heavy atom. The topological polar surface area (TPSA) is 38.9 Å². The zero-order chi connectivity index (χ0) is 13.5. The molecule has 0 unspecified atom stereocenters. The number of halogens is 3. The van der Waals surface area contributed by atoms with Crippen molar-refractivity contribution in [3.8, 4) is 0 Å². The third kappa shape index (κ3) is 1.50. The first-order chi connectivity index (χ1) is 8.80. The van der Waals surface area contributed by atoms with E-state index in [0.29, 0.717) is 5.52 Å². The summed E-state index contributed by atoms with van der Waals surface area (Å²) in [6, 6.07) is 3.78. The summed E-state index contributed by atoms with van der Waals surface area (Å²) >= 11 is 1.50. The lowest BCUT2D eigenvalue weighted by Gasteiger charge is -2.68. The molecule has 5 rings (SSSR count). The summed E-state index contributed by atoms with van der Waals surface area (Å²) in [5.41, 5.74) is 5.88. The molecule has 2 bridgehead atoms. The zero-order valence-corrected chi connectivity index (χ0v) is 10.7. The molecule has 1 aromatic carbocycles. The van der Waals surface area contributed by atoms with Crippen LogP contribution in [0.15, 0.2) is 18.2 Å². The van der Waals surface area contributed by atoms with Crippen molar-refractivity contribution in [3.63, 3.8) is 0 Å². The molecule has 19 heavy (non-hydrogen) atoms. The number of aromatic nitrogens is 1. The molecule has 0 radical (unpaired) electrons. The van der Waals surface area contributed by atoms with E-state index in [2.05, 4.69) is 4.98 Å². The minimum absolute atomic E-state index is 0.0189. The normalized spacial score (nSPS) is 33.1. The van der Waals surface area contributed by atoms with Gasteiger partial charge >= 0.3 is 6.18 Å². The third-order valence-electron chi connectivity index (χ3n) is 4.24. The number of benzene rings is 1. The van der Waals surface area contributed by atoms with Crippen LogP contribution < -0.4 is 5.73 Å². The largest absolute Gasteiger partial charge is 0.416 e. The van der Waals surface area contributed by atoms with Crippen LogP contribution in [-0.4, -0.2) is 10.5 Å². The van der Waals surface area contributed by atoms with Gasteiger partial charge < -0.3 is 5.73 Å². The van der Waals surface area contributed by atoms with E-state index >= 15 is 0 Å². The molecule has 0 amide bonds. The van der Waals surface area contributed by atoms with Gasteiger partial charge in [-0.3, -0.25) is 0 Å². The van der Waals surface area contributed by atoms with Gasteiger partial charge in [0, 0.05) is 11.0 Å². The lowest BCUT2D eigenvalue weighted by molar-refractivity contribution is -0.137. The van der Waals surface area contributed by atoms with Crippen molar-refractivity contribution in [2.45, 2.75) is 36.4 Å². The van der Waals surface area contributed by atoms with Crippen molar-refractivity contribution in [2.75, 3.05) is 0 Å². The van der Waals surface area contributed by atoms with Crippen LogP contribution in [0.4, 0.5) is 13.2 Å². The molecule has 3 aliphatic rings. The predicted octanol–water partition coefficient (Wildman–Crippen LogP) is 3.45. The molecule has 0 saturated heterocycles. The summed E-state index contributed by atoms with van der Waals surface area (Å²) < 4.78 is 38.8. The van der Waals surface area contributed by atoms with Gasteiger partial charge in [-0.1, -0.05) is 0 Å². The van der Waals surface area contributed by atoms with Crippen LogP contribution >= 0.6 is 11.3 Å². The quantitative estimate of drug-likeness (QED) is 0.871. The second-order valence-electron chi connectivity index (χ2n) is 5.87. The summed E-state index contributed by atoms with van der Waals surface area (Å²) in [5.74, 6) is 0. The van der Waals surface area contributed by atoms with Gasteiger partial charge in [-0.05, 0) is 37.5 Å². The smallest absolute Gasteiger partial charge is 0.325 e. The summed E-state index contributed by atoms with van der Waals surface area (Å²) in [6.45, 7) is 0. The number of alkyl halides is 3. The number of nitrogens with two attached hydrogens (primary N) is 1. The van der Waals surface area contributed by atoms with Crippen LogP contribution in [0.5, 0.6) is 0 Å². The number of hydrogen-bond acceptors (Lipinski definition) is 3. The molecule has 2 nitrogen and oxygen atoms in total. The number of hydrogen-bond donors (Lipinski definition) is 1. The second kappa shape index (κ2) is 3.12. The van der Waals surface area contributed by atoms with Gasteiger partial charge in [-0.15, -0.1) is 11.3 Å². The molecule has 0 spiro atoms. The molecule has 6 heteroatoms. The van der Waals surface area contributed by atoms with Crippen molar-refractivity contribution >= 4 is 21.6 Å². The Kier molecular flexibility index (Phi) is 1.92. The van der Waals surface area contributed by atoms with E-state index in [1.54, 1.807) is 0 Å². The van der Waals surface area contributed by atoms with E-state index in [1.165, 1.54) is 17.4 Å². The van der Waals surface area contributed by atoms with Crippen LogP contribution in [0.1, 0.15) is 29.8 Å². The fourth-order valence-corrected chi connectivity index (χ4v) is 4.55. The minimum Gasteiger partial charge on any atom is -0.325 e. The Morgan fingerprint density at radius 3 is 2.47 bits per heavy atom. The van der Waals surface area contributed by atoms with Gasteiger partial charge in [-0.25, -0.2) is 4.98 Å². The van der Waals surface area contributed by atoms with Gasteiger partial charge in [0.2, 0.25) is 0 Å². The Balaban J connectivity index is 1.76. The van der Waals surface area contributed by atoms with Gasteiger partial charge in [-0.2, -0.15) is 13.2 Å². The van der Waals surface area contributed by atoms with Crippen LogP contribution in [-0.2, 0) is 11.6 Å². The van der Waals surface area contributed by atoms with E-state index in [1.807, 2.05) is 0 Å². The lowest BCUT2D eigenvalue weighted by Crippen LogP contribution is -2.74. The molecular formula is C13H11F3N2S. The van der Waals surface area contributed by atoms with Crippen molar-refractivity contribution in [2.24, 2.45) is 5.73 Å². The van der Waals surface area contributed by atoms with Gasteiger partial charge in [0.05, 0.1) is 15.8 Å². The highest BCUT2D eigenvalue weighted by molar-refractivity contribution is 7.18. The van der Waals surface area contributed by atoms with Crippen LogP contribution in [0.2, 0.25) is 0 Å². The van der Waals surface area contributed by atoms with Gasteiger partial charge in [0.1, 0.15) is 5.01 Å². The van der Waals surface area contributed by atoms with Crippen molar-refractivity contribution < 1.29 is 13.2 Å². The summed E-state index contributed by atoms with van der Waals surface area (Å²) in [6.07, 6.45) is -1.54. The summed E-state index contributed by atoms with van der Waals surface area (Å²) in [7, 11) is 0. The molecule has 3 saturated carbocycles. The SMILES string of the molecule is NC12CC(c3nc4cc(C(F)(F)F)ccc4s3)(C1)C2. The Labute approximate surface area is 111 Å². The van der Waals surface area contributed by atoms with Crippen molar-refractivity contribution in [1.29, 1.82) is 0 Å². The maximum Gasteiger partial charge on any atom is 0.416 e. The second-order valence-corrected chi connectivity index (χ2v) is 6.90. The maximum atomic E-state index is 12.7.